The molecular weight excluding hydrogens is 466 g/mol. The molecule has 0 aliphatic carbocycles. The summed E-state index contributed by atoms with van der Waals surface area (Å²) in [6, 6.07) is 0. The number of hydrogen-bond acceptors (Lipinski definition) is 6. The van der Waals surface area contributed by atoms with E-state index in [0.717, 1.165) is 0 Å². The summed E-state index contributed by atoms with van der Waals surface area (Å²) < 4.78 is 163. The minimum Gasteiger partial charge on any atom is -0.453 e. The quantitative estimate of drug-likeness (QED) is 0.173. The van der Waals surface area contributed by atoms with Gasteiger partial charge in [-0.3, -0.25) is 4.55 Å². The molecule has 2 atom stereocenters. The van der Waals surface area contributed by atoms with Crippen LogP contribution >= 0.6 is 0 Å². The molecule has 7 nitrogen and oxygen atoms in total. The van der Waals surface area contributed by atoms with Gasteiger partial charge in [-0.05, 0) is 0 Å². The lowest BCUT2D eigenvalue weighted by Gasteiger charge is -2.29. The Hall–Kier alpha value is -1.66. The molecule has 0 bridgehead atoms. The second kappa shape index (κ2) is 8.60. The van der Waals surface area contributed by atoms with E-state index >= 15 is 0 Å². The Bertz CT molecular complexity index is 712. The topological polar surface area (TPSA) is 110 Å². The summed E-state index contributed by atoms with van der Waals surface area (Å²) in [6.45, 7) is -0.619. The Morgan fingerprint density at radius 1 is 1.00 bits per heavy atom. The fourth-order valence-corrected chi connectivity index (χ4v) is 1.51. The molecule has 0 aromatic rings. The monoisotopic (exact) mass is 476 g/mol. The van der Waals surface area contributed by atoms with Gasteiger partial charge in [-0.2, -0.15) is 52.3 Å². The average Bonchev–Trinajstić information content (AvgIpc) is 2.47. The number of aliphatic hydroxyl groups is 1. The predicted molar refractivity (Wildman–Crippen MR) is 69.1 cm³/mol. The number of aliphatic hydroxyl groups excluding tert-OH is 1. The van der Waals surface area contributed by atoms with E-state index in [4.69, 9.17) is 9.66 Å². The molecule has 0 fully saturated rings. The molecule has 18 heteroatoms. The highest BCUT2D eigenvalue weighted by Gasteiger charge is 2.56. The van der Waals surface area contributed by atoms with Crippen molar-refractivity contribution in [3.05, 3.63) is 12.2 Å². The van der Waals surface area contributed by atoms with Crippen molar-refractivity contribution in [3.8, 4) is 0 Å². The van der Waals surface area contributed by atoms with E-state index in [1.54, 1.807) is 0 Å². The molecule has 2 unspecified atom stereocenters. The Labute approximate surface area is 154 Å². The first-order valence-electron chi connectivity index (χ1n) is 6.58. The largest absolute Gasteiger partial charge is 0.453 e. The van der Waals surface area contributed by atoms with Crippen molar-refractivity contribution < 1.29 is 76.2 Å². The normalized spacial score (nSPS) is 16.3. The number of ether oxygens (including phenoxy) is 2. The Morgan fingerprint density at radius 3 is 1.79 bits per heavy atom. The third kappa shape index (κ3) is 7.94. The molecule has 0 radical (unpaired) electrons. The Kier molecular flexibility index (Phi) is 8.11. The van der Waals surface area contributed by atoms with Crippen molar-refractivity contribution in [1.82, 2.24) is 0 Å². The number of alkyl halides is 10. The van der Waals surface area contributed by atoms with Crippen LogP contribution < -0.4 is 0 Å². The highest BCUT2D eigenvalue weighted by Crippen LogP contribution is 2.36. The van der Waals surface area contributed by atoms with Gasteiger partial charge in [0.1, 0.15) is 6.10 Å². The molecule has 2 N–H and O–H groups in total. The van der Waals surface area contributed by atoms with Crippen LogP contribution in [0, 0.1) is 0 Å². The SMILES string of the molecule is C=C(C(O)OC(CC(F)(F)F)C(F)(F)C(=O)OCC(F)(F)S(=O)(=O)O)C(F)(F)F. The van der Waals surface area contributed by atoms with Gasteiger partial charge in [0.25, 0.3) is 0 Å². The van der Waals surface area contributed by atoms with Gasteiger partial charge in [0.15, 0.2) is 12.9 Å². The number of hydrogen-bond donors (Lipinski definition) is 2. The third-order valence-corrected chi connectivity index (χ3v) is 3.67. The standard InChI is InChI=1S/C11H10F10O7S/c1-4(11(19,20)21)6(22)28-5(2-8(12,13)14)10(17,18)7(23)27-3-9(15,16)29(24,25)26/h5-6,22H,1-3H2,(H,24,25,26). The smallest absolute Gasteiger partial charge is 0.416 e. The van der Waals surface area contributed by atoms with Crippen LogP contribution in [0.5, 0.6) is 0 Å². The van der Waals surface area contributed by atoms with Crippen LogP contribution in [-0.4, -0.2) is 66.6 Å². The molecule has 0 aromatic heterocycles. The van der Waals surface area contributed by atoms with E-state index in [-0.39, 0.29) is 0 Å². The highest BCUT2D eigenvalue weighted by molar-refractivity contribution is 7.86. The van der Waals surface area contributed by atoms with Gasteiger partial charge in [-0.1, -0.05) is 6.58 Å². The van der Waals surface area contributed by atoms with Crippen LogP contribution in [0.4, 0.5) is 43.9 Å². The van der Waals surface area contributed by atoms with Crippen LogP contribution in [-0.2, 0) is 24.4 Å². The number of carbonyl (C=O) groups is 1. The molecular formula is C11H10F10O7S. The van der Waals surface area contributed by atoms with Gasteiger partial charge in [0, 0.05) is 0 Å². The number of rotatable bonds is 9. The first kappa shape index (κ1) is 27.3. The molecule has 0 saturated heterocycles. The van der Waals surface area contributed by atoms with Crippen molar-refractivity contribution in [2.75, 3.05) is 6.61 Å². The van der Waals surface area contributed by atoms with Gasteiger partial charge in [0.2, 0.25) is 0 Å². The van der Waals surface area contributed by atoms with Gasteiger partial charge < -0.3 is 14.6 Å². The van der Waals surface area contributed by atoms with Gasteiger partial charge in [-0.15, -0.1) is 0 Å². The lowest BCUT2D eigenvalue weighted by molar-refractivity contribution is -0.253. The second-order valence-corrected chi connectivity index (χ2v) is 6.68. The molecule has 0 rings (SSSR count). The summed E-state index contributed by atoms with van der Waals surface area (Å²) in [5.41, 5.74) is -2.34. The van der Waals surface area contributed by atoms with Crippen molar-refractivity contribution >= 4 is 16.1 Å². The number of halogens is 10. The van der Waals surface area contributed by atoms with Crippen molar-refractivity contribution in [2.45, 2.75) is 42.3 Å². The zero-order valence-electron chi connectivity index (χ0n) is 13.4. The minimum atomic E-state index is -6.28. The zero-order valence-corrected chi connectivity index (χ0v) is 14.2. The molecule has 0 aliphatic heterocycles. The fourth-order valence-electron chi connectivity index (χ4n) is 1.30. The number of carbonyl (C=O) groups excluding carboxylic acids is 1. The number of esters is 1. The van der Waals surface area contributed by atoms with E-state index in [1.807, 2.05) is 0 Å². The van der Waals surface area contributed by atoms with Crippen LogP contribution in [0.15, 0.2) is 12.2 Å². The maximum Gasteiger partial charge on any atom is 0.416 e. The first-order valence-corrected chi connectivity index (χ1v) is 8.02. The maximum absolute atomic E-state index is 13.8. The van der Waals surface area contributed by atoms with Gasteiger partial charge >= 0.3 is 39.6 Å². The molecule has 0 aliphatic rings. The van der Waals surface area contributed by atoms with E-state index in [9.17, 15) is 57.1 Å². The van der Waals surface area contributed by atoms with Crippen LogP contribution in [0.3, 0.4) is 0 Å². The van der Waals surface area contributed by atoms with E-state index < -0.39 is 70.6 Å². The molecule has 0 saturated carbocycles. The molecule has 0 amide bonds. The molecule has 0 heterocycles. The molecule has 0 aromatic carbocycles. The molecule has 0 spiro atoms. The van der Waals surface area contributed by atoms with Crippen LogP contribution in [0.2, 0.25) is 0 Å². The highest BCUT2D eigenvalue weighted by atomic mass is 32.2. The summed E-state index contributed by atoms with van der Waals surface area (Å²) in [7, 11) is -6.28. The average molecular weight is 476 g/mol. The molecule has 172 valence electrons. The summed E-state index contributed by atoms with van der Waals surface area (Å²) in [5.74, 6) is -8.89. The summed E-state index contributed by atoms with van der Waals surface area (Å²) in [4.78, 5) is 11.2. The zero-order chi connectivity index (χ0) is 23.6. The van der Waals surface area contributed by atoms with Crippen molar-refractivity contribution in [2.24, 2.45) is 0 Å². The lowest BCUT2D eigenvalue weighted by Crippen LogP contribution is -2.49. The third-order valence-electron chi connectivity index (χ3n) is 2.80. The van der Waals surface area contributed by atoms with E-state index in [2.05, 4.69) is 16.1 Å². The summed E-state index contributed by atoms with van der Waals surface area (Å²) in [5, 5.41) is 3.66. The lowest BCUT2D eigenvalue weighted by atomic mass is 10.1. The second-order valence-electron chi connectivity index (χ2n) is 5.13. The summed E-state index contributed by atoms with van der Waals surface area (Å²) >= 11 is 0. The van der Waals surface area contributed by atoms with Gasteiger partial charge in [-0.25, -0.2) is 4.79 Å². The molecule has 29 heavy (non-hydrogen) atoms. The van der Waals surface area contributed by atoms with E-state index in [1.165, 1.54) is 0 Å². The van der Waals surface area contributed by atoms with Crippen molar-refractivity contribution in [1.29, 1.82) is 0 Å². The van der Waals surface area contributed by atoms with Crippen molar-refractivity contribution in [3.63, 3.8) is 0 Å². The van der Waals surface area contributed by atoms with E-state index in [0.29, 0.717) is 0 Å². The first-order chi connectivity index (χ1) is 12.5. The van der Waals surface area contributed by atoms with Crippen LogP contribution in [0.25, 0.3) is 0 Å². The maximum atomic E-state index is 13.8. The van der Waals surface area contributed by atoms with Gasteiger partial charge in [0.05, 0.1) is 12.0 Å². The fraction of sp³-hybridized carbons (Fsp3) is 0.727. The predicted octanol–water partition coefficient (Wildman–Crippen LogP) is 2.42. The minimum absolute atomic E-state index is 2.16. The Morgan fingerprint density at radius 2 is 1.45 bits per heavy atom. The van der Waals surface area contributed by atoms with Crippen LogP contribution in [0.1, 0.15) is 6.42 Å². The Balaban J connectivity index is 5.63. The summed E-state index contributed by atoms with van der Waals surface area (Å²) in [6.07, 6.45) is -21.5.